The standard InChI is InChI=1S/C14H21ClN2S/c1-10-12(5-4-8-18-10)16-13-9-11(15)6-7-14(13)17(2)3/h6-7,9-10,12,16H,4-5,8H2,1-3H3. The minimum atomic E-state index is 0.543. The molecule has 1 saturated heterocycles. The third-order valence-corrected chi connectivity index (χ3v) is 5.00. The van der Waals surface area contributed by atoms with Crippen LogP contribution in [0.2, 0.25) is 5.02 Å². The number of rotatable bonds is 3. The minimum Gasteiger partial charge on any atom is -0.379 e. The van der Waals surface area contributed by atoms with Crippen LogP contribution in [0, 0.1) is 0 Å². The monoisotopic (exact) mass is 284 g/mol. The molecule has 2 unspecified atom stereocenters. The normalized spacial score (nSPS) is 23.8. The first kappa shape index (κ1) is 13.9. The van der Waals surface area contributed by atoms with Gasteiger partial charge in [0.25, 0.3) is 0 Å². The molecular formula is C14H21ClN2S. The van der Waals surface area contributed by atoms with E-state index < -0.39 is 0 Å². The SMILES string of the molecule is CC1SCCCC1Nc1cc(Cl)ccc1N(C)C. The van der Waals surface area contributed by atoms with Crippen molar-refractivity contribution in [1.82, 2.24) is 0 Å². The van der Waals surface area contributed by atoms with E-state index in [0.29, 0.717) is 11.3 Å². The molecule has 1 aromatic carbocycles. The van der Waals surface area contributed by atoms with Crippen LogP contribution >= 0.6 is 23.4 Å². The van der Waals surface area contributed by atoms with Crippen molar-refractivity contribution in [3.63, 3.8) is 0 Å². The largest absolute Gasteiger partial charge is 0.379 e. The summed E-state index contributed by atoms with van der Waals surface area (Å²) in [6, 6.07) is 6.59. The smallest absolute Gasteiger partial charge is 0.0597 e. The van der Waals surface area contributed by atoms with Gasteiger partial charge in [-0.2, -0.15) is 11.8 Å². The molecule has 0 bridgehead atoms. The zero-order valence-corrected chi connectivity index (χ0v) is 12.8. The van der Waals surface area contributed by atoms with Crippen LogP contribution < -0.4 is 10.2 Å². The summed E-state index contributed by atoms with van der Waals surface area (Å²) in [5.74, 6) is 1.29. The minimum absolute atomic E-state index is 0.543. The maximum Gasteiger partial charge on any atom is 0.0597 e. The van der Waals surface area contributed by atoms with E-state index in [1.165, 1.54) is 24.3 Å². The molecule has 4 heteroatoms. The van der Waals surface area contributed by atoms with Crippen molar-refractivity contribution in [2.75, 3.05) is 30.1 Å². The van der Waals surface area contributed by atoms with Crippen molar-refractivity contribution in [2.24, 2.45) is 0 Å². The maximum absolute atomic E-state index is 6.11. The molecule has 1 aliphatic heterocycles. The van der Waals surface area contributed by atoms with E-state index in [4.69, 9.17) is 11.6 Å². The quantitative estimate of drug-likeness (QED) is 0.899. The van der Waals surface area contributed by atoms with Gasteiger partial charge in [0.1, 0.15) is 0 Å². The van der Waals surface area contributed by atoms with E-state index in [9.17, 15) is 0 Å². The fourth-order valence-corrected chi connectivity index (χ4v) is 3.64. The van der Waals surface area contributed by atoms with E-state index in [0.717, 1.165) is 10.7 Å². The molecule has 0 radical (unpaired) electrons. The lowest BCUT2D eigenvalue weighted by Gasteiger charge is -2.31. The van der Waals surface area contributed by atoms with Gasteiger partial charge in [-0.3, -0.25) is 0 Å². The molecule has 1 fully saturated rings. The number of anilines is 2. The first-order chi connectivity index (χ1) is 8.58. The van der Waals surface area contributed by atoms with Gasteiger partial charge in [0, 0.05) is 30.4 Å². The van der Waals surface area contributed by atoms with E-state index >= 15 is 0 Å². The van der Waals surface area contributed by atoms with Gasteiger partial charge in [0.15, 0.2) is 0 Å². The number of halogens is 1. The molecule has 2 rings (SSSR count). The Morgan fingerprint density at radius 3 is 2.83 bits per heavy atom. The third kappa shape index (κ3) is 3.27. The average Bonchev–Trinajstić information content (AvgIpc) is 2.32. The van der Waals surface area contributed by atoms with Gasteiger partial charge in [-0.25, -0.2) is 0 Å². The number of hydrogen-bond acceptors (Lipinski definition) is 3. The Morgan fingerprint density at radius 2 is 2.17 bits per heavy atom. The van der Waals surface area contributed by atoms with Crippen LogP contribution in [-0.4, -0.2) is 31.1 Å². The van der Waals surface area contributed by atoms with E-state index in [2.05, 4.69) is 49.1 Å². The van der Waals surface area contributed by atoms with E-state index in [-0.39, 0.29) is 0 Å². The summed E-state index contributed by atoms with van der Waals surface area (Å²) < 4.78 is 0. The summed E-state index contributed by atoms with van der Waals surface area (Å²) >= 11 is 8.17. The molecule has 1 aromatic rings. The van der Waals surface area contributed by atoms with Crippen molar-refractivity contribution < 1.29 is 0 Å². The van der Waals surface area contributed by atoms with Crippen molar-refractivity contribution >= 4 is 34.7 Å². The van der Waals surface area contributed by atoms with Gasteiger partial charge < -0.3 is 10.2 Å². The molecule has 0 saturated carbocycles. The molecule has 1 N–H and O–H groups in total. The molecule has 18 heavy (non-hydrogen) atoms. The Morgan fingerprint density at radius 1 is 1.39 bits per heavy atom. The van der Waals surface area contributed by atoms with Crippen LogP contribution in [0.5, 0.6) is 0 Å². The summed E-state index contributed by atoms with van der Waals surface area (Å²) in [6.07, 6.45) is 2.54. The Bertz CT molecular complexity index is 409. The highest BCUT2D eigenvalue weighted by Gasteiger charge is 2.22. The van der Waals surface area contributed by atoms with Gasteiger partial charge in [0.2, 0.25) is 0 Å². The molecule has 1 heterocycles. The van der Waals surface area contributed by atoms with Gasteiger partial charge in [-0.05, 0) is 36.8 Å². The van der Waals surface area contributed by atoms with Gasteiger partial charge in [-0.1, -0.05) is 18.5 Å². The lowest BCUT2D eigenvalue weighted by molar-refractivity contribution is 0.617. The predicted octanol–water partition coefficient (Wildman–Crippen LogP) is 4.10. The highest BCUT2D eigenvalue weighted by Crippen LogP contribution is 2.32. The first-order valence-corrected chi connectivity index (χ1v) is 7.85. The molecule has 0 spiro atoms. The van der Waals surface area contributed by atoms with Crippen LogP contribution in [0.4, 0.5) is 11.4 Å². The lowest BCUT2D eigenvalue weighted by Crippen LogP contribution is -2.33. The number of benzene rings is 1. The highest BCUT2D eigenvalue weighted by molar-refractivity contribution is 8.00. The second-order valence-electron chi connectivity index (χ2n) is 5.02. The zero-order chi connectivity index (χ0) is 13.1. The molecular weight excluding hydrogens is 264 g/mol. The fraction of sp³-hybridized carbons (Fsp3) is 0.571. The highest BCUT2D eigenvalue weighted by atomic mass is 35.5. The molecule has 2 atom stereocenters. The summed E-state index contributed by atoms with van der Waals surface area (Å²) in [5.41, 5.74) is 2.34. The van der Waals surface area contributed by atoms with Crippen molar-refractivity contribution in [3.05, 3.63) is 23.2 Å². The van der Waals surface area contributed by atoms with Crippen LogP contribution in [0.25, 0.3) is 0 Å². The number of nitrogens with zero attached hydrogens (tertiary/aromatic N) is 1. The molecule has 0 amide bonds. The van der Waals surface area contributed by atoms with Crippen molar-refractivity contribution in [1.29, 1.82) is 0 Å². The number of hydrogen-bond donors (Lipinski definition) is 1. The molecule has 1 aliphatic rings. The predicted molar refractivity (Wildman–Crippen MR) is 84.3 cm³/mol. The van der Waals surface area contributed by atoms with Gasteiger partial charge >= 0.3 is 0 Å². The van der Waals surface area contributed by atoms with Crippen LogP contribution in [0.15, 0.2) is 18.2 Å². The number of thioether (sulfide) groups is 1. The Hall–Kier alpha value is -0.540. The Balaban J connectivity index is 2.18. The maximum atomic E-state index is 6.11. The number of nitrogens with one attached hydrogen (secondary N) is 1. The topological polar surface area (TPSA) is 15.3 Å². The van der Waals surface area contributed by atoms with Gasteiger partial charge in [-0.15, -0.1) is 0 Å². The van der Waals surface area contributed by atoms with Crippen LogP contribution in [0.1, 0.15) is 19.8 Å². The average molecular weight is 285 g/mol. The van der Waals surface area contributed by atoms with E-state index in [1.807, 2.05) is 12.1 Å². The first-order valence-electron chi connectivity index (χ1n) is 6.43. The van der Waals surface area contributed by atoms with Crippen LogP contribution in [-0.2, 0) is 0 Å². The molecule has 100 valence electrons. The summed E-state index contributed by atoms with van der Waals surface area (Å²) in [5, 5.41) is 5.13. The Kier molecular flexibility index (Phi) is 4.68. The summed E-state index contributed by atoms with van der Waals surface area (Å²) in [4.78, 5) is 2.12. The third-order valence-electron chi connectivity index (χ3n) is 3.39. The second-order valence-corrected chi connectivity index (χ2v) is 6.95. The molecule has 0 aromatic heterocycles. The fourth-order valence-electron chi connectivity index (χ4n) is 2.33. The van der Waals surface area contributed by atoms with Crippen molar-refractivity contribution in [3.8, 4) is 0 Å². The molecule has 0 aliphatic carbocycles. The van der Waals surface area contributed by atoms with Gasteiger partial charge in [0.05, 0.1) is 11.4 Å². The Labute approximate surface area is 119 Å². The summed E-state index contributed by atoms with van der Waals surface area (Å²) in [6.45, 7) is 2.31. The van der Waals surface area contributed by atoms with E-state index in [1.54, 1.807) is 0 Å². The van der Waals surface area contributed by atoms with Crippen LogP contribution in [0.3, 0.4) is 0 Å². The van der Waals surface area contributed by atoms with Crippen molar-refractivity contribution in [2.45, 2.75) is 31.1 Å². The summed E-state index contributed by atoms with van der Waals surface area (Å²) in [7, 11) is 4.13. The lowest BCUT2D eigenvalue weighted by atomic mass is 10.1. The second kappa shape index (κ2) is 6.07. The molecule has 2 nitrogen and oxygen atoms in total. The zero-order valence-electron chi connectivity index (χ0n) is 11.2.